The van der Waals surface area contributed by atoms with E-state index in [0.29, 0.717) is 12.6 Å². The van der Waals surface area contributed by atoms with Crippen molar-refractivity contribution in [2.24, 2.45) is 5.14 Å². The van der Waals surface area contributed by atoms with Gasteiger partial charge in [0, 0.05) is 12.6 Å². The lowest BCUT2D eigenvalue weighted by Gasteiger charge is -2.22. The fourth-order valence-electron chi connectivity index (χ4n) is 2.40. The summed E-state index contributed by atoms with van der Waals surface area (Å²) in [5.74, 6) is 0. The molecule has 0 aliphatic heterocycles. The minimum atomic E-state index is -3.60. The molecular weight excluding hydrogens is 248 g/mol. The molecule has 0 heterocycles. The van der Waals surface area contributed by atoms with Crippen molar-refractivity contribution in [3.63, 3.8) is 0 Å². The lowest BCUT2D eigenvalue weighted by Crippen LogP contribution is -2.30. The van der Waals surface area contributed by atoms with E-state index in [-0.39, 0.29) is 4.90 Å². The summed E-state index contributed by atoms with van der Waals surface area (Å²) in [5.41, 5.74) is 0.965. The van der Waals surface area contributed by atoms with Gasteiger partial charge in [0.25, 0.3) is 0 Å². The van der Waals surface area contributed by atoms with Gasteiger partial charge in [0.2, 0.25) is 10.0 Å². The van der Waals surface area contributed by atoms with Crippen LogP contribution >= 0.6 is 0 Å². The number of primary sulfonamides is 1. The van der Waals surface area contributed by atoms with Gasteiger partial charge in [-0.2, -0.15) is 0 Å². The molecule has 0 bridgehead atoms. The third-order valence-electron chi connectivity index (χ3n) is 3.43. The predicted octanol–water partition coefficient (Wildman–Crippen LogP) is 1.76. The Morgan fingerprint density at radius 1 is 1.22 bits per heavy atom. The molecule has 1 aliphatic carbocycles. The number of nitrogens with two attached hydrogens (primary N) is 1. The summed E-state index contributed by atoms with van der Waals surface area (Å²) in [4.78, 5) is 0.186. The van der Waals surface area contributed by atoms with Crippen LogP contribution < -0.4 is 10.5 Å². The van der Waals surface area contributed by atoms with Gasteiger partial charge >= 0.3 is 0 Å². The first-order valence-corrected chi connectivity index (χ1v) is 7.95. The van der Waals surface area contributed by atoms with Crippen molar-refractivity contribution in [3.05, 3.63) is 29.8 Å². The summed E-state index contributed by atoms with van der Waals surface area (Å²) in [6, 6.07) is 7.39. The van der Waals surface area contributed by atoms with E-state index in [0.717, 1.165) is 5.56 Å². The van der Waals surface area contributed by atoms with Crippen LogP contribution in [-0.4, -0.2) is 14.5 Å². The minimum Gasteiger partial charge on any atom is -0.310 e. The van der Waals surface area contributed by atoms with E-state index in [4.69, 9.17) is 5.14 Å². The second kappa shape index (κ2) is 5.82. The van der Waals surface area contributed by atoms with Crippen molar-refractivity contribution < 1.29 is 8.42 Å². The smallest absolute Gasteiger partial charge is 0.238 e. The Bertz CT molecular complexity index is 493. The van der Waals surface area contributed by atoms with Crippen molar-refractivity contribution in [2.75, 3.05) is 0 Å². The highest BCUT2D eigenvalue weighted by Crippen LogP contribution is 2.18. The first-order chi connectivity index (χ1) is 8.55. The van der Waals surface area contributed by atoms with E-state index < -0.39 is 10.0 Å². The molecule has 1 fully saturated rings. The molecule has 0 spiro atoms. The molecule has 1 saturated carbocycles. The van der Waals surface area contributed by atoms with Crippen molar-refractivity contribution in [1.82, 2.24) is 5.32 Å². The molecule has 0 unspecified atom stereocenters. The van der Waals surface area contributed by atoms with Gasteiger partial charge in [-0.3, -0.25) is 0 Å². The van der Waals surface area contributed by atoms with Gasteiger partial charge in [-0.05, 0) is 30.5 Å². The third kappa shape index (κ3) is 3.80. The average Bonchev–Trinajstić information content (AvgIpc) is 2.37. The van der Waals surface area contributed by atoms with E-state index in [1.54, 1.807) is 12.1 Å². The summed E-state index contributed by atoms with van der Waals surface area (Å²) in [7, 11) is -3.60. The fraction of sp³-hybridized carbons (Fsp3) is 0.538. The normalized spacial score (nSPS) is 17.8. The van der Waals surface area contributed by atoms with Crippen molar-refractivity contribution in [2.45, 2.75) is 49.6 Å². The average molecular weight is 268 g/mol. The van der Waals surface area contributed by atoms with Crippen molar-refractivity contribution in [1.29, 1.82) is 0 Å². The summed E-state index contributed by atoms with van der Waals surface area (Å²) >= 11 is 0. The lowest BCUT2D eigenvalue weighted by molar-refractivity contribution is 0.372. The first kappa shape index (κ1) is 13.5. The Morgan fingerprint density at radius 3 is 2.61 bits per heavy atom. The van der Waals surface area contributed by atoms with Crippen molar-refractivity contribution >= 4 is 10.0 Å². The van der Waals surface area contributed by atoms with Crippen LogP contribution in [0.15, 0.2) is 29.2 Å². The van der Waals surface area contributed by atoms with Crippen molar-refractivity contribution in [3.8, 4) is 0 Å². The zero-order valence-electron chi connectivity index (χ0n) is 10.4. The SMILES string of the molecule is NS(=O)(=O)c1cccc(CNC2CCCCC2)c1. The predicted molar refractivity (Wildman–Crippen MR) is 71.5 cm³/mol. The van der Waals surface area contributed by atoms with E-state index in [2.05, 4.69) is 5.32 Å². The summed E-state index contributed by atoms with van der Waals surface area (Å²) in [6.45, 7) is 0.702. The Labute approximate surface area is 109 Å². The fourth-order valence-corrected chi connectivity index (χ4v) is 2.99. The highest BCUT2D eigenvalue weighted by Gasteiger charge is 2.13. The molecule has 0 amide bonds. The van der Waals surface area contributed by atoms with Crippen LogP contribution in [0.3, 0.4) is 0 Å². The summed E-state index contributed by atoms with van der Waals surface area (Å²) in [5, 5.41) is 8.60. The molecule has 0 radical (unpaired) electrons. The van der Waals surface area contributed by atoms with Crippen LogP contribution in [0.2, 0.25) is 0 Å². The van der Waals surface area contributed by atoms with Crippen LogP contribution in [0.1, 0.15) is 37.7 Å². The maximum Gasteiger partial charge on any atom is 0.238 e. The minimum absolute atomic E-state index is 0.186. The molecule has 0 saturated heterocycles. The standard InChI is InChI=1S/C13H20N2O2S/c14-18(16,17)13-8-4-5-11(9-13)10-15-12-6-2-1-3-7-12/h4-5,8-9,12,15H,1-3,6-7,10H2,(H2,14,16,17). The first-order valence-electron chi connectivity index (χ1n) is 6.41. The van der Waals surface area contributed by atoms with Crippen LogP contribution in [0, 0.1) is 0 Å². The molecule has 0 atom stereocenters. The van der Waals surface area contributed by atoms with Crippen LogP contribution in [-0.2, 0) is 16.6 Å². The van der Waals surface area contributed by atoms with Crippen LogP contribution in [0.25, 0.3) is 0 Å². The van der Waals surface area contributed by atoms with Gasteiger partial charge in [-0.15, -0.1) is 0 Å². The molecule has 18 heavy (non-hydrogen) atoms. The van der Waals surface area contributed by atoms with E-state index in [1.165, 1.54) is 38.2 Å². The Morgan fingerprint density at radius 2 is 1.94 bits per heavy atom. The van der Waals surface area contributed by atoms with E-state index >= 15 is 0 Å². The highest BCUT2D eigenvalue weighted by atomic mass is 32.2. The molecule has 1 aliphatic rings. The maximum atomic E-state index is 11.2. The quantitative estimate of drug-likeness (QED) is 0.874. The Hall–Kier alpha value is -0.910. The number of hydrogen-bond acceptors (Lipinski definition) is 3. The second-order valence-corrected chi connectivity index (χ2v) is 6.47. The summed E-state index contributed by atoms with van der Waals surface area (Å²) in [6.07, 6.45) is 6.34. The monoisotopic (exact) mass is 268 g/mol. The number of nitrogens with one attached hydrogen (secondary N) is 1. The van der Waals surface area contributed by atoms with Gasteiger partial charge in [-0.1, -0.05) is 31.4 Å². The topological polar surface area (TPSA) is 72.2 Å². The molecule has 4 nitrogen and oxygen atoms in total. The Balaban J connectivity index is 1.97. The van der Waals surface area contributed by atoms with E-state index in [9.17, 15) is 8.42 Å². The second-order valence-electron chi connectivity index (χ2n) is 4.91. The largest absolute Gasteiger partial charge is 0.310 e. The Kier molecular flexibility index (Phi) is 4.37. The maximum absolute atomic E-state index is 11.2. The molecule has 2 rings (SSSR count). The zero-order valence-corrected chi connectivity index (χ0v) is 11.2. The van der Waals surface area contributed by atoms with Crippen LogP contribution in [0.5, 0.6) is 0 Å². The molecule has 5 heteroatoms. The van der Waals surface area contributed by atoms with Gasteiger partial charge in [-0.25, -0.2) is 13.6 Å². The van der Waals surface area contributed by atoms with Gasteiger partial charge in [0.15, 0.2) is 0 Å². The number of rotatable bonds is 4. The molecule has 1 aromatic carbocycles. The lowest BCUT2D eigenvalue weighted by atomic mass is 9.95. The molecular formula is C13H20N2O2S. The number of hydrogen-bond donors (Lipinski definition) is 2. The zero-order chi connectivity index (χ0) is 13.0. The van der Waals surface area contributed by atoms with E-state index in [1.807, 2.05) is 6.07 Å². The van der Waals surface area contributed by atoms with Crippen LogP contribution in [0.4, 0.5) is 0 Å². The molecule has 100 valence electrons. The van der Waals surface area contributed by atoms with Gasteiger partial charge < -0.3 is 5.32 Å². The molecule has 1 aromatic rings. The van der Waals surface area contributed by atoms with Gasteiger partial charge in [0.1, 0.15) is 0 Å². The van der Waals surface area contributed by atoms with Gasteiger partial charge in [0.05, 0.1) is 4.90 Å². The third-order valence-corrected chi connectivity index (χ3v) is 4.34. The molecule has 0 aromatic heterocycles. The number of benzene rings is 1. The highest BCUT2D eigenvalue weighted by molar-refractivity contribution is 7.89. The molecule has 3 N–H and O–H groups in total. The summed E-state index contributed by atoms with van der Waals surface area (Å²) < 4.78 is 22.5. The number of sulfonamides is 1.